The Hall–Kier alpha value is -3.69. The minimum Gasteiger partial charge on any atom is -0.419 e. The van der Waals surface area contributed by atoms with Crippen LogP contribution in [0.25, 0.3) is 11.5 Å². The number of aromatic nitrogens is 2. The van der Waals surface area contributed by atoms with Crippen molar-refractivity contribution in [2.45, 2.75) is 25.2 Å². The van der Waals surface area contributed by atoms with E-state index in [1.165, 1.54) is 19.1 Å². The molecule has 0 aliphatic carbocycles. The van der Waals surface area contributed by atoms with Crippen LogP contribution in [0.1, 0.15) is 23.9 Å². The van der Waals surface area contributed by atoms with Gasteiger partial charge < -0.3 is 9.73 Å². The zero-order valence-corrected chi connectivity index (χ0v) is 15.6. The van der Waals surface area contributed by atoms with E-state index in [0.717, 1.165) is 17.0 Å². The Morgan fingerprint density at radius 3 is 2.50 bits per heavy atom. The highest BCUT2D eigenvalue weighted by Gasteiger charge is 2.50. The molecule has 4 rings (SSSR count). The van der Waals surface area contributed by atoms with Crippen LogP contribution in [0, 0.1) is 0 Å². The smallest absolute Gasteiger partial charge is 0.416 e. The maximum Gasteiger partial charge on any atom is 0.416 e. The van der Waals surface area contributed by atoms with Crippen molar-refractivity contribution in [3.8, 4) is 11.5 Å². The van der Waals surface area contributed by atoms with Gasteiger partial charge in [0, 0.05) is 5.56 Å². The number of benzene rings is 2. The van der Waals surface area contributed by atoms with Gasteiger partial charge in [0.05, 0.1) is 5.56 Å². The summed E-state index contributed by atoms with van der Waals surface area (Å²) in [7, 11) is 0. The lowest BCUT2D eigenvalue weighted by Gasteiger charge is -2.23. The summed E-state index contributed by atoms with van der Waals surface area (Å²) >= 11 is 0. The molecule has 0 bridgehead atoms. The summed E-state index contributed by atoms with van der Waals surface area (Å²) in [6.07, 6.45) is -4.57. The maximum absolute atomic E-state index is 13.0. The van der Waals surface area contributed by atoms with Crippen molar-refractivity contribution in [2.24, 2.45) is 0 Å². The molecule has 1 atom stereocenters. The molecule has 10 heteroatoms. The number of nitrogens with zero attached hydrogens (tertiary/aromatic N) is 3. The number of rotatable bonds is 4. The highest BCUT2D eigenvalue weighted by molar-refractivity contribution is 6.07. The average Bonchev–Trinajstić information content (AvgIpc) is 3.28. The molecule has 0 saturated carbocycles. The van der Waals surface area contributed by atoms with Crippen LogP contribution in [0.3, 0.4) is 0 Å². The summed E-state index contributed by atoms with van der Waals surface area (Å²) in [6.45, 7) is 1.05. The molecule has 3 amide bonds. The van der Waals surface area contributed by atoms with Crippen LogP contribution in [-0.4, -0.2) is 27.0 Å². The average molecular weight is 416 g/mol. The van der Waals surface area contributed by atoms with Crippen molar-refractivity contribution in [2.75, 3.05) is 0 Å². The van der Waals surface area contributed by atoms with Crippen molar-refractivity contribution < 1.29 is 27.2 Å². The number of halogens is 3. The predicted octanol–water partition coefficient (Wildman–Crippen LogP) is 3.72. The Morgan fingerprint density at radius 2 is 1.80 bits per heavy atom. The van der Waals surface area contributed by atoms with Gasteiger partial charge in [0.25, 0.3) is 5.91 Å². The first-order chi connectivity index (χ1) is 14.2. The third-order valence-corrected chi connectivity index (χ3v) is 4.82. The van der Waals surface area contributed by atoms with Gasteiger partial charge in [-0.25, -0.2) is 4.79 Å². The fraction of sp³-hybridized carbons (Fsp3) is 0.200. The zero-order valence-electron chi connectivity index (χ0n) is 15.6. The molecule has 154 valence electrons. The number of nitrogens with one attached hydrogen (secondary N) is 1. The first-order valence-corrected chi connectivity index (χ1v) is 8.88. The maximum atomic E-state index is 13.0. The fourth-order valence-electron chi connectivity index (χ4n) is 3.19. The van der Waals surface area contributed by atoms with Crippen molar-refractivity contribution >= 4 is 11.9 Å². The molecular formula is C20H15F3N4O3. The summed E-state index contributed by atoms with van der Waals surface area (Å²) in [4.78, 5) is 26.2. The molecular weight excluding hydrogens is 401 g/mol. The van der Waals surface area contributed by atoms with Crippen LogP contribution in [0.2, 0.25) is 0 Å². The molecule has 1 aliphatic heterocycles. The van der Waals surface area contributed by atoms with Gasteiger partial charge in [-0.15, -0.1) is 10.2 Å². The molecule has 1 N–H and O–H groups in total. The molecule has 30 heavy (non-hydrogen) atoms. The third-order valence-electron chi connectivity index (χ3n) is 4.82. The summed E-state index contributed by atoms with van der Waals surface area (Å²) in [5, 5.41) is 10.2. The molecule has 0 unspecified atom stereocenters. The molecule has 1 aromatic heterocycles. The van der Waals surface area contributed by atoms with Crippen molar-refractivity contribution in [1.29, 1.82) is 0 Å². The fourth-order valence-corrected chi connectivity index (χ4v) is 3.19. The summed E-state index contributed by atoms with van der Waals surface area (Å²) in [6, 6.07) is 12.5. The van der Waals surface area contributed by atoms with E-state index in [4.69, 9.17) is 4.42 Å². The van der Waals surface area contributed by atoms with Crippen LogP contribution in [0.15, 0.2) is 59.0 Å². The third kappa shape index (κ3) is 3.40. The number of imide groups is 1. The quantitative estimate of drug-likeness (QED) is 0.655. The highest BCUT2D eigenvalue weighted by Crippen LogP contribution is 2.35. The van der Waals surface area contributed by atoms with Crippen LogP contribution in [0.5, 0.6) is 0 Å². The van der Waals surface area contributed by atoms with Gasteiger partial charge in [-0.3, -0.25) is 9.69 Å². The number of hydrogen-bond acceptors (Lipinski definition) is 5. The van der Waals surface area contributed by atoms with Crippen LogP contribution in [-0.2, 0) is 23.1 Å². The Balaban J connectivity index is 1.58. The van der Waals surface area contributed by atoms with Crippen molar-refractivity contribution in [3.05, 3.63) is 71.6 Å². The second-order valence-corrected chi connectivity index (χ2v) is 6.89. The number of amides is 3. The van der Waals surface area contributed by atoms with E-state index in [1.807, 2.05) is 6.07 Å². The summed E-state index contributed by atoms with van der Waals surface area (Å²) in [5.74, 6) is -0.477. The minimum atomic E-state index is -4.57. The molecule has 3 aromatic rings. The lowest BCUT2D eigenvalue weighted by Crippen LogP contribution is -2.41. The zero-order chi connectivity index (χ0) is 21.5. The number of alkyl halides is 3. The Labute approximate surface area is 168 Å². The van der Waals surface area contributed by atoms with Crippen LogP contribution in [0.4, 0.5) is 18.0 Å². The first kappa shape index (κ1) is 19.6. The SMILES string of the molecule is C[C@]1(c2cccc(C(F)(F)F)c2)NC(=O)N(Cc2nnc(-c3ccccc3)o2)C1=O. The molecule has 1 fully saturated rings. The van der Waals surface area contributed by atoms with E-state index in [9.17, 15) is 22.8 Å². The van der Waals surface area contributed by atoms with Crippen molar-refractivity contribution in [3.63, 3.8) is 0 Å². The predicted molar refractivity (Wildman–Crippen MR) is 97.6 cm³/mol. The molecule has 0 radical (unpaired) electrons. The number of hydrogen-bond donors (Lipinski definition) is 1. The van der Waals surface area contributed by atoms with E-state index in [0.29, 0.717) is 5.56 Å². The molecule has 1 aliphatic rings. The van der Waals surface area contributed by atoms with Crippen molar-refractivity contribution in [1.82, 2.24) is 20.4 Å². The molecule has 2 aromatic carbocycles. The van der Waals surface area contributed by atoms with Gasteiger partial charge in [0.15, 0.2) is 0 Å². The molecule has 1 saturated heterocycles. The second kappa shape index (κ2) is 6.97. The van der Waals surface area contributed by atoms with E-state index >= 15 is 0 Å². The monoisotopic (exact) mass is 416 g/mol. The van der Waals surface area contributed by atoms with Gasteiger partial charge in [-0.1, -0.05) is 30.3 Å². The second-order valence-electron chi connectivity index (χ2n) is 6.89. The largest absolute Gasteiger partial charge is 0.419 e. The lowest BCUT2D eigenvalue weighted by molar-refractivity contribution is -0.138. The van der Waals surface area contributed by atoms with Gasteiger partial charge in [-0.05, 0) is 36.8 Å². The minimum absolute atomic E-state index is 0.0191. The molecule has 2 heterocycles. The van der Waals surface area contributed by atoms with E-state index in [2.05, 4.69) is 15.5 Å². The highest BCUT2D eigenvalue weighted by atomic mass is 19.4. The van der Waals surface area contributed by atoms with Gasteiger partial charge in [0.1, 0.15) is 12.1 Å². The molecule has 0 spiro atoms. The standard InChI is InChI=1S/C20H15F3N4O3/c1-19(13-8-5-9-14(10-13)20(21,22)23)17(28)27(18(29)24-19)11-15-25-26-16(30-15)12-6-3-2-4-7-12/h2-10H,11H2,1H3,(H,24,29)/t19-/m1/s1. The topological polar surface area (TPSA) is 88.3 Å². The normalized spacial score (nSPS) is 19.3. The molecule has 7 nitrogen and oxygen atoms in total. The number of carbonyl (C=O) groups is 2. The van der Waals surface area contributed by atoms with E-state index in [-0.39, 0.29) is 23.9 Å². The number of carbonyl (C=O) groups excluding carboxylic acids is 2. The van der Waals surface area contributed by atoms with E-state index in [1.54, 1.807) is 24.3 Å². The Bertz CT molecular complexity index is 1110. The Kier molecular flexibility index (Phi) is 4.56. The van der Waals surface area contributed by atoms with E-state index < -0.39 is 29.2 Å². The number of urea groups is 1. The van der Waals surface area contributed by atoms with Gasteiger partial charge in [0.2, 0.25) is 11.8 Å². The first-order valence-electron chi connectivity index (χ1n) is 8.88. The van der Waals surface area contributed by atoms with Crippen LogP contribution < -0.4 is 5.32 Å². The lowest BCUT2D eigenvalue weighted by atomic mass is 9.90. The summed E-state index contributed by atoms with van der Waals surface area (Å²) in [5.41, 5.74) is -1.87. The van der Waals surface area contributed by atoms with Gasteiger partial charge >= 0.3 is 12.2 Å². The summed E-state index contributed by atoms with van der Waals surface area (Å²) < 4.78 is 44.7. The Morgan fingerprint density at radius 1 is 1.07 bits per heavy atom. The van der Waals surface area contributed by atoms with Crippen LogP contribution >= 0.6 is 0 Å². The van der Waals surface area contributed by atoms with Gasteiger partial charge in [-0.2, -0.15) is 13.2 Å².